The molecule has 0 saturated heterocycles. The minimum absolute atomic E-state index is 0.628. The van der Waals surface area contributed by atoms with Crippen molar-refractivity contribution in [3.05, 3.63) is 182 Å². The van der Waals surface area contributed by atoms with E-state index in [-0.39, 0.29) is 0 Å². The molecule has 0 aliphatic carbocycles. The van der Waals surface area contributed by atoms with Crippen molar-refractivity contribution in [1.29, 1.82) is 0 Å². The average molecular weight is 703 g/mol. The maximum Gasteiger partial charge on any atom is 0.235 e. The van der Waals surface area contributed by atoms with Crippen LogP contribution in [0.1, 0.15) is 0 Å². The van der Waals surface area contributed by atoms with Gasteiger partial charge in [0.05, 0.1) is 44.3 Å². The molecule has 0 saturated carbocycles. The molecular formula is C49H30N6. The van der Waals surface area contributed by atoms with E-state index in [2.05, 4.69) is 177 Å². The number of hydrogen-bond acceptors (Lipinski definition) is 3. The van der Waals surface area contributed by atoms with Crippen molar-refractivity contribution in [2.24, 2.45) is 0 Å². The fraction of sp³-hybridized carbons (Fsp3) is 0. The van der Waals surface area contributed by atoms with Gasteiger partial charge in [0.2, 0.25) is 5.95 Å². The van der Waals surface area contributed by atoms with Crippen molar-refractivity contribution >= 4 is 71.2 Å². The Morgan fingerprint density at radius 1 is 0.382 bits per heavy atom. The summed E-state index contributed by atoms with van der Waals surface area (Å²) < 4.78 is 6.74. The Labute approximate surface area is 314 Å². The van der Waals surface area contributed by atoms with Crippen molar-refractivity contribution in [1.82, 2.24) is 28.5 Å². The first kappa shape index (κ1) is 29.9. The summed E-state index contributed by atoms with van der Waals surface area (Å²) in [4.78, 5) is 15.8. The van der Waals surface area contributed by atoms with E-state index in [9.17, 15) is 0 Å². The minimum atomic E-state index is 0.628. The topological polar surface area (TPSA) is 52.9 Å². The van der Waals surface area contributed by atoms with Gasteiger partial charge in [-0.3, -0.25) is 8.97 Å². The summed E-state index contributed by atoms with van der Waals surface area (Å²) in [6.07, 6.45) is 2.08. The molecule has 5 aromatic heterocycles. The molecule has 0 amide bonds. The highest BCUT2D eigenvalue weighted by Gasteiger charge is 2.22. The van der Waals surface area contributed by atoms with Crippen LogP contribution >= 0.6 is 0 Å². The van der Waals surface area contributed by atoms with Crippen molar-refractivity contribution in [2.45, 2.75) is 0 Å². The molecule has 5 heterocycles. The first-order valence-electron chi connectivity index (χ1n) is 18.5. The molecule has 7 aromatic carbocycles. The van der Waals surface area contributed by atoms with Gasteiger partial charge in [-0.1, -0.05) is 103 Å². The Morgan fingerprint density at radius 3 is 1.85 bits per heavy atom. The number of pyridine rings is 1. The quantitative estimate of drug-likeness (QED) is 0.183. The molecule has 6 nitrogen and oxygen atoms in total. The second-order valence-corrected chi connectivity index (χ2v) is 14.1. The normalized spacial score (nSPS) is 12.0. The molecule has 0 unspecified atom stereocenters. The summed E-state index contributed by atoms with van der Waals surface area (Å²) in [6.45, 7) is 0. The molecule has 0 atom stereocenters. The maximum absolute atomic E-state index is 5.33. The Hall–Kier alpha value is -7.57. The van der Waals surface area contributed by atoms with E-state index < -0.39 is 0 Å². The third-order valence-electron chi connectivity index (χ3n) is 11.1. The Balaban J connectivity index is 1.14. The van der Waals surface area contributed by atoms with Gasteiger partial charge in [0.25, 0.3) is 0 Å². The molecule has 0 aliphatic rings. The molecule has 0 fully saturated rings. The molecule has 256 valence electrons. The van der Waals surface area contributed by atoms with Gasteiger partial charge in [-0.25, -0.2) is 15.0 Å². The largest absolute Gasteiger partial charge is 0.309 e. The van der Waals surface area contributed by atoms with Gasteiger partial charge in [0, 0.05) is 44.4 Å². The zero-order valence-corrected chi connectivity index (χ0v) is 29.5. The molecule has 12 rings (SSSR count). The van der Waals surface area contributed by atoms with E-state index in [1.165, 1.54) is 21.8 Å². The maximum atomic E-state index is 5.33. The van der Waals surface area contributed by atoms with E-state index >= 15 is 0 Å². The van der Waals surface area contributed by atoms with E-state index in [1.807, 2.05) is 18.2 Å². The SMILES string of the molecule is c1ccc(-c2nc(-n3c4ccc(-c5ccc6c(c5)c5ccccc5n6-c5ccccc5)cc4c4c5nc6ccccn6c5ccc43)nc3ccccc23)cc1. The summed E-state index contributed by atoms with van der Waals surface area (Å²) in [6, 6.07) is 62.1. The van der Waals surface area contributed by atoms with Gasteiger partial charge in [0.15, 0.2) is 0 Å². The van der Waals surface area contributed by atoms with Gasteiger partial charge in [-0.05, 0) is 83.9 Å². The van der Waals surface area contributed by atoms with Crippen LogP contribution in [0.25, 0.3) is 105 Å². The number of benzene rings is 7. The van der Waals surface area contributed by atoms with Gasteiger partial charge >= 0.3 is 0 Å². The van der Waals surface area contributed by atoms with Crippen molar-refractivity contribution in [2.75, 3.05) is 0 Å². The van der Waals surface area contributed by atoms with Crippen LogP contribution in [0.15, 0.2) is 182 Å². The van der Waals surface area contributed by atoms with Gasteiger partial charge in [-0.2, -0.15) is 0 Å². The first-order chi connectivity index (χ1) is 27.3. The highest BCUT2D eigenvalue weighted by molar-refractivity contribution is 6.21. The van der Waals surface area contributed by atoms with E-state index in [4.69, 9.17) is 15.0 Å². The predicted molar refractivity (Wildman–Crippen MR) is 225 cm³/mol. The second-order valence-electron chi connectivity index (χ2n) is 14.1. The minimum Gasteiger partial charge on any atom is -0.309 e. The van der Waals surface area contributed by atoms with Gasteiger partial charge < -0.3 is 4.57 Å². The van der Waals surface area contributed by atoms with Crippen molar-refractivity contribution < 1.29 is 0 Å². The average Bonchev–Trinajstić information content (AvgIpc) is 3.91. The van der Waals surface area contributed by atoms with Crippen LogP contribution in [-0.4, -0.2) is 28.5 Å². The number of hydrogen-bond donors (Lipinski definition) is 0. The molecule has 12 aromatic rings. The number of imidazole rings is 1. The number of rotatable bonds is 4. The fourth-order valence-corrected chi connectivity index (χ4v) is 8.62. The van der Waals surface area contributed by atoms with E-state index in [0.29, 0.717) is 5.95 Å². The molecule has 0 N–H and O–H groups in total. The molecule has 0 spiro atoms. The summed E-state index contributed by atoms with van der Waals surface area (Å²) in [5.41, 5.74) is 13.6. The van der Waals surface area contributed by atoms with Crippen molar-refractivity contribution in [3.63, 3.8) is 0 Å². The van der Waals surface area contributed by atoms with Gasteiger partial charge in [-0.15, -0.1) is 0 Å². The lowest BCUT2D eigenvalue weighted by atomic mass is 10.0. The Morgan fingerprint density at radius 2 is 1.02 bits per heavy atom. The molecular weight excluding hydrogens is 673 g/mol. The molecule has 0 radical (unpaired) electrons. The smallest absolute Gasteiger partial charge is 0.235 e. The fourth-order valence-electron chi connectivity index (χ4n) is 8.62. The number of para-hydroxylation sites is 3. The summed E-state index contributed by atoms with van der Waals surface area (Å²) >= 11 is 0. The summed E-state index contributed by atoms with van der Waals surface area (Å²) in [7, 11) is 0. The molecule has 6 heteroatoms. The van der Waals surface area contributed by atoms with Crippen LogP contribution in [0.5, 0.6) is 0 Å². The predicted octanol–water partition coefficient (Wildman–Crippen LogP) is 12.0. The second kappa shape index (κ2) is 11.5. The summed E-state index contributed by atoms with van der Waals surface area (Å²) in [5.74, 6) is 0.628. The summed E-state index contributed by atoms with van der Waals surface area (Å²) in [5, 5.41) is 5.66. The monoisotopic (exact) mass is 702 g/mol. The highest BCUT2D eigenvalue weighted by Crippen LogP contribution is 2.41. The van der Waals surface area contributed by atoms with Crippen LogP contribution in [0, 0.1) is 0 Å². The van der Waals surface area contributed by atoms with Crippen LogP contribution in [0.3, 0.4) is 0 Å². The van der Waals surface area contributed by atoms with Crippen LogP contribution in [-0.2, 0) is 0 Å². The standard InChI is InChI=1S/C49H30N6/c1-3-13-31(14-4-1)47-36-18-7-9-19-39(36)50-49(52-47)55-42-25-23-33(30-38(42)46-43(55)26-27-44-48(46)51-45-21-11-12-28-53(44)45)32-22-24-41-37(29-32)35-17-8-10-20-40(35)54(41)34-15-5-2-6-16-34/h1-30H. The third-order valence-corrected chi connectivity index (χ3v) is 11.1. The van der Waals surface area contributed by atoms with Gasteiger partial charge in [0.1, 0.15) is 5.65 Å². The molecule has 55 heavy (non-hydrogen) atoms. The zero-order chi connectivity index (χ0) is 36.0. The van der Waals surface area contributed by atoms with Crippen LogP contribution < -0.4 is 0 Å². The number of fused-ring (bicyclic) bond motifs is 11. The Bertz CT molecular complexity index is 3480. The lowest BCUT2D eigenvalue weighted by Gasteiger charge is -2.12. The lowest BCUT2D eigenvalue weighted by molar-refractivity contribution is 1.01. The Kier molecular flexibility index (Phi) is 6.24. The van der Waals surface area contributed by atoms with Crippen LogP contribution in [0.2, 0.25) is 0 Å². The molecule has 0 bridgehead atoms. The third kappa shape index (κ3) is 4.39. The van der Waals surface area contributed by atoms with E-state index in [0.717, 1.165) is 77.5 Å². The van der Waals surface area contributed by atoms with Crippen molar-refractivity contribution in [3.8, 4) is 34.0 Å². The molecule has 0 aliphatic heterocycles. The first-order valence-corrected chi connectivity index (χ1v) is 18.5. The lowest BCUT2D eigenvalue weighted by Crippen LogP contribution is -2.03. The number of nitrogens with zero attached hydrogens (tertiary/aromatic N) is 6. The number of aromatic nitrogens is 6. The van der Waals surface area contributed by atoms with E-state index in [1.54, 1.807) is 0 Å². The van der Waals surface area contributed by atoms with Crippen LogP contribution in [0.4, 0.5) is 0 Å². The highest BCUT2D eigenvalue weighted by atomic mass is 15.2. The zero-order valence-electron chi connectivity index (χ0n) is 29.5.